The van der Waals surface area contributed by atoms with Crippen molar-refractivity contribution in [1.82, 2.24) is 25.4 Å². The van der Waals surface area contributed by atoms with Gasteiger partial charge in [-0.3, -0.25) is 14.8 Å². The van der Waals surface area contributed by atoms with Crippen LogP contribution in [0.4, 0.5) is 0 Å². The molecule has 4 heterocycles. The predicted molar refractivity (Wildman–Crippen MR) is 105 cm³/mol. The van der Waals surface area contributed by atoms with Crippen LogP contribution in [0.2, 0.25) is 0 Å². The van der Waals surface area contributed by atoms with Gasteiger partial charge < -0.3 is 5.32 Å². The number of rotatable bonds is 3. The molecule has 2 aliphatic heterocycles. The zero-order valence-electron chi connectivity index (χ0n) is 15.2. The highest BCUT2D eigenvalue weighted by Gasteiger charge is 2.63. The van der Waals surface area contributed by atoms with Crippen LogP contribution in [0.3, 0.4) is 0 Å². The zero-order chi connectivity index (χ0) is 18.2. The maximum absolute atomic E-state index is 12.9. The van der Waals surface area contributed by atoms with Crippen LogP contribution in [0.25, 0.3) is 21.5 Å². The van der Waals surface area contributed by atoms with Crippen molar-refractivity contribution >= 4 is 28.1 Å². The molecule has 27 heavy (non-hydrogen) atoms. The van der Waals surface area contributed by atoms with E-state index in [4.69, 9.17) is 0 Å². The fourth-order valence-corrected chi connectivity index (χ4v) is 6.08. The van der Waals surface area contributed by atoms with Gasteiger partial charge in [0.25, 0.3) is 5.91 Å². The average molecular weight is 379 g/mol. The molecule has 0 radical (unpaired) electrons. The van der Waals surface area contributed by atoms with Crippen molar-refractivity contribution in [2.45, 2.75) is 37.8 Å². The van der Waals surface area contributed by atoms with Gasteiger partial charge in [0, 0.05) is 46.7 Å². The lowest BCUT2D eigenvalue weighted by atomic mass is 9.61. The molecule has 3 fully saturated rings. The summed E-state index contributed by atoms with van der Waals surface area (Å²) in [5.41, 5.74) is 2.84. The van der Waals surface area contributed by atoms with E-state index in [1.54, 1.807) is 11.3 Å². The molecule has 138 valence electrons. The van der Waals surface area contributed by atoms with E-state index in [0.717, 1.165) is 28.0 Å². The molecule has 1 amide bonds. The summed E-state index contributed by atoms with van der Waals surface area (Å²) in [4.78, 5) is 21.1. The lowest BCUT2D eigenvalue weighted by Gasteiger charge is -2.58. The Balaban J connectivity index is 1.26. The highest BCUT2D eigenvalue weighted by molar-refractivity contribution is 7.14. The summed E-state index contributed by atoms with van der Waals surface area (Å²) < 4.78 is 0. The Morgan fingerprint density at radius 3 is 3.00 bits per heavy atom. The molecule has 0 bridgehead atoms. The number of aryl methyl sites for hydroxylation is 1. The molecule has 1 spiro atoms. The van der Waals surface area contributed by atoms with Gasteiger partial charge in [0.1, 0.15) is 5.01 Å². The molecule has 6 rings (SSSR count). The quantitative estimate of drug-likeness (QED) is 0.734. The van der Waals surface area contributed by atoms with E-state index in [1.807, 2.05) is 24.4 Å². The summed E-state index contributed by atoms with van der Waals surface area (Å²) in [6, 6.07) is 6.29. The van der Waals surface area contributed by atoms with Gasteiger partial charge in [0.15, 0.2) is 5.69 Å². The molecule has 3 aromatic rings. The molecule has 2 unspecified atom stereocenters. The first kappa shape index (κ1) is 15.8. The van der Waals surface area contributed by atoms with Crippen molar-refractivity contribution in [2.24, 2.45) is 5.92 Å². The number of benzene rings is 1. The third-order valence-corrected chi connectivity index (χ3v) is 7.85. The van der Waals surface area contributed by atoms with Gasteiger partial charge in [-0.25, -0.2) is 4.98 Å². The number of hydrogen-bond donors (Lipinski definition) is 2. The van der Waals surface area contributed by atoms with Gasteiger partial charge >= 0.3 is 0 Å². The second kappa shape index (κ2) is 5.39. The summed E-state index contributed by atoms with van der Waals surface area (Å²) in [5, 5.41) is 12.5. The van der Waals surface area contributed by atoms with Crippen LogP contribution in [0.5, 0.6) is 0 Å². The second-order valence-corrected chi connectivity index (χ2v) is 9.37. The highest BCUT2D eigenvalue weighted by Crippen LogP contribution is 2.57. The monoisotopic (exact) mass is 379 g/mol. The van der Waals surface area contributed by atoms with Gasteiger partial charge in [-0.05, 0) is 44.2 Å². The van der Waals surface area contributed by atoms with Gasteiger partial charge in [-0.15, -0.1) is 11.3 Å². The molecule has 2 saturated heterocycles. The maximum atomic E-state index is 12.9. The Kier molecular flexibility index (Phi) is 3.15. The molecule has 2 N–H and O–H groups in total. The molecule has 1 saturated carbocycles. The summed E-state index contributed by atoms with van der Waals surface area (Å²) in [5.74, 6) is 0.564. The predicted octanol–water partition coefficient (Wildman–Crippen LogP) is 2.96. The summed E-state index contributed by atoms with van der Waals surface area (Å²) in [6.07, 6.45) is 5.72. The van der Waals surface area contributed by atoms with E-state index in [-0.39, 0.29) is 11.9 Å². The Morgan fingerprint density at radius 2 is 2.33 bits per heavy atom. The molecule has 6 nitrogen and oxygen atoms in total. The minimum absolute atomic E-state index is 0.0614. The summed E-state index contributed by atoms with van der Waals surface area (Å²) in [6.45, 7) is 4.23. The Morgan fingerprint density at radius 1 is 1.41 bits per heavy atom. The summed E-state index contributed by atoms with van der Waals surface area (Å²) >= 11 is 1.67. The first-order chi connectivity index (χ1) is 13.1. The van der Waals surface area contributed by atoms with Crippen LogP contribution >= 0.6 is 11.3 Å². The van der Waals surface area contributed by atoms with E-state index in [0.29, 0.717) is 17.2 Å². The Labute approximate surface area is 161 Å². The van der Waals surface area contributed by atoms with Crippen LogP contribution < -0.4 is 5.32 Å². The maximum Gasteiger partial charge on any atom is 0.272 e. The minimum Gasteiger partial charge on any atom is -0.346 e. The number of hydrogen-bond acceptors (Lipinski definition) is 5. The molecule has 7 heteroatoms. The first-order valence-electron chi connectivity index (χ1n) is 9.61. The summed E-state index contributed by atoms with van der Waals surface area (Å²) in [7, 11) is 0. The number of H-pyrrole nitrogens is 1. The van der Waals surface area contributed by atoms with Crippen LogP contribution in [0.15, 0.2) is 24.4 Å². The van der Waals surface area contributed by atoms with E-state index in [9.17, 15) is 4.79 Å². The third-order valence-electron chi connectivity index (χ3n) is 6.89. The number of thiazole rings is 1. The number of nitrogens with one attached hydrogen (secondary N) is 2. The van der Waals surface area contributed by atoms with Crippen molar-refractivity contribution in [2.75, 3.05) is 13.1 Å². The smallest absolute Gasteiger partial charge is 0.272 e. The molecule has 2 aromatic heterocycles. The SMILES string of the molecule is Cc1cnc(-c2ccc3c(C(=O)N[C@H]4CN5CCC56CCC46)n[nH]c3c2)s1. The molecule has 1 aromatic carbocycles. The second-order valence-electron chi connectivity index (χ2n) is 8.13. The van der Waals surface area contributed by atoms with Crippen LogP contribution in [0.1, 0.15) is 34.6 Å². The van der Waals surface area contributed by atoms with Gasteiger partial charge in [0.05, 0.1) is 5.52 Å². The topological polar surface area (TPSA) is 73.9 Å². The number of carbonyl (C=O) groups is 1. The largest absolute Gasteiger partial charge is 0.346 e. The van der Waals surface area contributed by atoms with E-state index < -0.39 is 0 Å². The highest BCUT2D eigenvalue weighted by atomic mass is 32.1. The van der Waals surface area contributed by atoms with Crippen molar-refractivity contribution < 1.29 is 4.79 Å². The van der Waals surface area contributed by atoms with Crippen molar-refractivity contribution in [3.8, 4) is 10.6 Å². The standard InChI is InChI=1S/C20H21N5OS/c1-11-9-21-19(27-11)12-2-3-13-15(8-12)23-24-17(13)18(26)22-16-10-25-7-6-20(25)5-4-14(16)20/h2-3,8-9,14,16H,4-7,10H2,1H3,(H,22,26)(H,23,24)/t14?,16-,20?/m0/s1. The van der Waals surface area contributed by atoms with Gasteiger partial charge in [0.2, 0.25) is 0 Å². The molecular weight excluding hydrogens is 358 g/mol. The van der Waals surface area contributed by atoms with E-state index >= 15 is 0 Å². The van der Waals surface area contributed by atoms with Crippen LogP contribution in [0, 0.1) is 12.8 Å². The van der Waals surface area contributed by atoms with E-state index in [2.05, 4.69) is 32.3 Å². The van der Waals surface area contributed by atoms with Crippen LogP contribution in [-0.2, 0) is 0 Å². The van der Waals surface area contributed by atoms with Crippen molar-refractivity contribution in [1.29, 1.82) is 0 Å². The Bertz CT molecular complexity index is 1070. The number of aromatic nitrogens is 3. The first-order valence-corrected chi connectivity index (χ1v) is 10.4. The van der Waals surface area contributed by atoms with Crippen molar-refractivity contribution in [3.05, 3.63) is 35.0 Å². The minimum atomic E-state index is -0.0614. The average Bonchev–Trinajstić information content (AvgIpc) is 3.25. The third kappa shape index (κ3) is 2.12. The zero-order valence-corrected chi connectivity index (χ0v) is 16.0. The lowest BCUT2D eigenvalue weighted by molar-refractivity contribution is -0.0676. The number of amides is 1. The number of carbonyl (C=O) groups excluding carboxylic acids is 1. The molecule has 3 atom stereocenters. The van der Waals surface area contributed by atoms with E-state index in [1.165, 1.54) is 30.7 Å². The van der Waals surface area contributed by atoms with Gasteiger partial charge in [-0.2, -0.15) is 5.10 Å². The van der Waals surface area contributed by atoms with Gasteiger partial charge in [-0.1, -0.05) is 6.07 Å². The van der Waals surface area contributed by atoms with Crippen LogP contribution in [-0.4, -0.2) is 50.7 Å². The fraction of sp³-hybridized carbons (Fsp3) is 0.450. The number of nitrogens with zero attached hydrogens (tertiary/aromatic N) is 3. The lowest BCUT2D eigenvalue weighted by Crippen LogP contribution is -2.64. The fourth-order valence-electron chi connectivity index (χ4n) is 5.31. The normalized spacial score (nSPS) is 29.1. The molecular formula is C20H21N5OS. The molecule has 3 aliphatic rings. The Hall–Kier alpha value is -2.25. The molecule has 1 aliphatic carbocycles. The number of fused-ring (bicyclic) bond motifs is 1. The van der Waals surface area contributed by atoms with Crippen molar-refractivity contribution in [3.63, 3.8) is 0 Å². The number of aromatic amines is 1.